The molecule has 4 nitrogen and oxygen atoms in total. The van der Waals surface area contributed by atoms with Crippen LogP contribution in [0, 0.1) is 5.92 Å². The molecule has 0 radical (unpaired) electrons. The molecule has 2 rings (SSSR count). The van der Waals surface area contributed by atoms with Gasteiger partial charge in [0.05, 0.1) is 6.04 Å². The van der Waals surface area contributed by atoms with E-state index >= 15 is 0 Å². The van der Waals surface area contributed by atoms with Gasteiger partial charge < -0.3 is 15.4 Å². The normalized spacial score (nSPS) is 18.6. The second-order valence-corrected chi connectivity index (χ2v) is 5.27. The zero-order valence-corrected chi connectivity index (χ0v) is 13.2. The average molecular weight is 335 g/mol. The van der Waals surface area contributed by atoms with Crippen molar-refractivity contribution in [2.24, 2.45) is 5.92 Å². The van der Waals surface area contributed by atoms with Gasteiger partial charge in [0, 0.05) is 12.0 Å². The highest BCUT2D eigenvalue weighted by molar-refractivity contribution is 5.85. The van der Waals surface area contributed by atoms with Crippen molar-refractivity contribution < 1.29 is 18.3 Å². The zero-order chi connectivity index (χ0) is 15.2. The third kappa shape index (κ3) is 5.42. The summed E-state index contributed by atoms with van der Waals surface area (Å²) in [5, 5.41) is 6.06. The molecular weight excluding hydrogens is 314 g/mol. The quantitative estimate of drug-likeness (QED) is 0.841. The molecule has 1 aromatic rings. The van der Waals surface area contributed by atoms with Gasteiger partial charge in [0.15, 0.2) is 0 Å². The van der Waals surface area contributed by atoms with Crippen LogP contribution in [0.1, 0.15) is 31.4 Å². The minimum Gasteiger partial charge on any atom is -0.434 e. The van der Waals surface area contributed by atoms with Crippen molar-refractivity contribution in [2.45, 2.75) is 32.4 Å². The molecule has 7 heteroatoms. The number of carbonyl (C=O) groups excluding carboxylic acids is 1. The lowest BCUT2D eigenvalue weighted by atomic mass is 10.0. The Morgan fingerprint density at radius 1 is 1.45 bits per heavy atom. The van der Waals surface area contributed by atoms with Gasteiger partial charge in [0.1, 0.15) is 5.75 Å². The van der Waals surface area contributed by atoms with Crippen LogP contribution in [0.5, 0.6) is 5.75 Å². The van der Waals surface area contributed by atoms with Crippen molar-refractivity contribution in [1.82, 2.24) is 10.6 Å². The molecule has 1 fully saturated rings. The van der Waals surface area contributed by atoms with Crippen LogP contribution in [0.15, 0.2) is 24.3 Å². The predicted molar refractivity (Wildman–Crippen MR) is 82.5 cm³/mol. The molecule has 2 atom stereocenters. The Labute approximate surface area is 135 Å². The predicted octanol–water partition coefficient (Wildman–Crippen LogP) is 2.89. The number of para-hydroxylation sites is 1. The van der Waals surface area contributed by atoms with E-state index in [4.69, 9.17) is 0 Å². The Morgan fingerprint density at radius 2 is 2.18 bits per heavy atom. The number of carbonyl (C=O) groups is 1. The summed E-state index contributed by atoms with van der Waals surface area (Å²) in [7, 11) is 0. The molecule has 1 saturated heterocycles. The zero-order valence-electron chi connectivity index (χ0n) is 12.4. The van der Waals surface area contributed by atoms with Crippen LogP contribution in [-0.4, -0.2) is 25.6 Å². The van der Waals surface area contributed by atoms with E-state index in [1.54, 1.807) is 25.1 Å². The van der Waals surface area contributed by atoms with Crippen LogP contribution in [0.25, 0.3) is 0 Å². The lowest BCUT2D eigenvalue weighted by molar-refractivity contribution is -0.122. The van der Waals surface area contributed by atoms with E-state index in [0.29, 0.717) is 17.9 Å². The van der Waals surface area contributed by atoms with Crippen molar-refractivity contribution in [3.8, 4) is 5.75 Å². The van der Waals surface area contributed by atoms with Crippen molar-refractivity contribution in [3.05, 3.63) is 29.8 Å². The number of halogens is 3. The summed E-state index contributed by atoms with van der Waals surface area (Å²) in [6.45, 7) is 0.683. The van der Waals surface area contributed by atoms with Gasteiger partial charge in [-0.05, 0) is 38.4 Å². The minimum atomic E-state index is -2.88. The summed E-state index contributed by atoms with van der Waals surface area (Å²) in [4.78, 5) is 12.0. The Hall–Kier alpha value is -1.40. The first kappa shape index (κ1) is 18.6. The van der Waals surface area contributed by atoms with Crippen LogP contribution in [0.3, 0.4) is 0 Å². The molecule has 1 aromatic carbocycles. The summed E-state index contributed by atoms with van der Waals surface area (Å²) in [5.74, 6) is 0.385. The van der Waals surface area contributed by atoms with Crippen molar-refractivity contribution in [3.63, 3.8) is 0 Å². The highest BCUT2D eigenvalue weighted by Gasteiger charge is 2.20. The topological polar surface area (TPSA) is 50.4 Å². The smallest absolute Gasteiger partial charge is 0.387 e. The van der Waals surface area contributed by atoms with E-state index < -0.39 is 6.61 Å². The van der Waals surface area contributed by atoms with Crippen LogP contribution < -0.4 is 15.4 Å². The lowest BCUT2D eigenvalue weighted by Crippen LogP contribution is -2.29. The summed E-state index contributed by atoms with van der Waals surface area (Å²) in [6.07, 6.45) is 1.45. The molecule has 0 aliphatic carbocycles. The highest BCUT2D eigenvalue weighted by atomic mass is 35.5. The van der Waals surface area contributed by atoms with Gasteiger partial charge in [-0.3, -0.25) is 4.79 Å². The van der Waals surface area contributed by atoms with E-state index in [1.165, 1.54) is 6.07 Å². The van der Waals surface area contributed by atoms with Crippen LogP contribution in [-0.2, 0) is 4.79 Å². The lowest BCUT2D eigenvalue weighted by Gasteiger charge is -2.19. The van der Waals surface area contributed by atoms with Gasteiger partial charge in [-0.25, -0.2) is 0 Å². The third-order valence-corrected chi connectivity index (χ3v) is 3.62. The molecule has 0 saturated carbocycles. The molecule has 22 heavy (non-hydrogen) atoms. The van der Waals surface area contributed by atoms with E-state index in [9.17, 15) is 13.6 Å². The molecular formula is C15H21ClF2N2O2. The monoisotopic (exact) mass is 334 g/mol. The molecule has 0 bridgehead atoms. The number of hydrogen-bond acceptors (Lipinski definition) is 3. The Kier molecular flexibility index (Phi) is 7.55. The number of alkyl halides is 2. The summed E-state index contributed by atoms with van der Waals surface area (Å²) in [5.41, 5.74) is 0.552. The SMILES string of the molecule is CC(NC(=O)CC1CCNC1)c1ccccc1OC(F)F.Cl. The Balaban J connectivity index is 0.00000242. The molecule has 2 unspecified atom stereocenters. The van der Waals surface area contributed by atoms with Gasteiger partial charge in [0.2, 0.25) is 5.91 Å². The van der Waals surface area contributed by atoms with E-state index in [1.807, 2.05) is 0 Å². The van der Waals surface area contributed by atoms with Crippen LogP contribution in [0.2, 0.25) is 0 Å². The molecule has 2 N–H and O–H groups in total. The second-order valence-electron chi connectivity index (χ2n) is 5.27. The van der Waals surface area contributed by atoms with Gasteiger partial charge in [-0.1, -0.05) is 18.2 Å². The summed E-state index contributed by atoms with van der Waals surface area (Å²) >= 11 is 0. The number of benzene rings is 1. The largest absolute Gasteiger partial charge is 0.434 e. The second kappa shape index (κ2) is 8.90. The fourth-order valence-corrected chi connectivity index (χ4v) is 2.57. The fourth-order valence-electron chi connectivity index (χ4n) is 2.57. The first-order chi connectivity index (χ1) is 10.1. The minimum absolute atomic E-state index is 0. The molecule has 1 heterocycles. The highest BCUT2D eigenvalue weighted by Crippen LogP contribution is 2.26. The molecule has 1 aliphatic rings. The fraction of sp³-hybridized carbons (Fsp3) is 0.533. The third-order valence-electron chi connectivity index (χ3n) is 3.62. The maximum Gasteiger partial charge on any atom is 0.387 e. The number of nitrogens with one attached hydrogen (secondary N) is 2. The Bertz CT molecular complexity index is 482. The standard InChI is InChI=1S/C15H20F2N2O2.ClH/c1-10(19-14(20)8-11-6-7-18-9-11)12-4-2-3-5-13(12)21-15(16)17;/h2-5,10-11,15,18H,6-9H2,1H3,(H,19,20);1H. The molecule has 1 aliphatic heterocycles. The van der Waals surface area contributed by atoms with Crippen molar-refractivity contribution in [2.75, 3.05) is 13.1 Å². The number of amides is 1. The first-order valence-corrected chi connectivity index (χ1v) is 7.10. The van der Waals surface area contributed by atoms with Gasteiger partial charge in [-0.15, -0.1) is 12.4 Å². The molecule has 0 aromatic heterocycles. The molecule has 0 spiro atoms. The number of ether oxygens (including phenoxy) is 1. The number of rotatable bonds is 6. The van der Waals surface area contributed by atoms with Crippen molar-refractivity contribution in [1.29, 1.82) is 0 Å². The summed E-state index contributed by atoms with van der Waals surface area (Å²) < 4.78 is 29.2. The first-order valence-electron chi connectivity index (χ1n) is 7.10. The molecule has 124 valence electrons. The van der Waals surface area contributed by atoms with E-state index in [0.717, 1.165) is 19.5 Å². The van der Waals surface area contributed by atoms with Crippen LogP contribution >= 0.6 is 12.4 Å². The number of hydrogen-bond donors (Lipinski definition) is 2. The average Bonchev–Trinajstić information content (AvgIpc) is 2.91. The summed E-state index contributed by atoms with van der Waals surface area (Å²) in [6, 6.07) is 6.14. The van der Waals surface area contributed by atoms with Crippen LogP contribution in [0.4, 0.5) is 8.78 Å². The van der Waals surface area contributed by atoms with Crippen molar-refractivity contribution >= 4 is 18.3 Å². The van der Waals surface area contributed by atoms with Gasteiger partial charge in [0.25, 0.3) is 0 Å². The maximum absolute atomic E-state index is 12.4. The maximum atomic E-state index is 12.4. The van der Waals surface area contributed by atoms with E-state index in [-0.39, 0.29) is 30.1 Å². The van der Waals surface area contributed by atoms with E-state index in [2.05, 4.69) is 15.4 Å². The molecule has 1 amide bonds. The van der Waals surface area contributed by atoms with Gasteiger partial charge in [-0.2, -0.15) is 8.78 Å². The van der Waals surface area contributed by atoms with Gasteiger partial charge >= 0.3 is 6.61 Å². The Morgan fingerprint density at radius 3 is 2.82 bits per heavy atom.